The van der Waals surface area contributed by atoms with Crippen LogP contribution in [0.5, 0.6) is 5.75 Å². The number of hydrogen-bond acceptors (Lipinski definition) is 4. The third-order valence-corrected chi connectivity index (χ3v) is 6.57. The lowest BCUT2D eigenvalue weighted by atomic mass is 9.71. The monoisotopic (exact) mass is 419 g/mol. The summed E-state index contributed by atoms with van der Waals surface area (Å²) in [5.74, 6) is 1.60. The predicted molar refractivity (Wildman–Crippen MR) is 125 cm³/mol. The van der Waals surface area contributed by atoms with Crippen molar-refractivity contribution in [2.75, 3.05) is 26.2 Å². The molecule has 1 aromatic heterocycles. The van der Waals surface area contributed by atoms with Gasteiger partial charge < -0.3 is 14.1 Å². The fraction of sp³-hybridized carbons (Fsp3) is 0.444. The number of fused-ring (bicyclic) bond motifs is 4. The highest BCUT2D eigenvalue weighted by Gasteiger charge is 2.41. The van der Waals surface area contributed by atoms with Crippen LogP contribution in [0.25, 0.3) is 11.0 Å². The Morgan fingerprint density at radius 1 is 1.03 bits per heavy atom. The molecule has 0 saturated carbocycles. The molecule has 0 saturated heterocycles. The van der Waals surface area contributed by atoms with Crippen molar-refractivity contribution < 1.29 is 13.9 Å². The Hall–Kier alpha value is -2.59. The number of carbonyl (C=O) groups is 1. The van der Waals surface area contributed by atoms with Gasteiger partial charge in [0, 0.05) is 22.9 Å². The second kappa shape index (κ2) is 8.51. The van der Waals surface area contributed by atoms with Crippen LogP contribution in [0.1, 0.15) is 73.8 Å². The van der Waals surface area contributed by atoms with Gasteiger partial charge in [0.1, 0.15) is 23.7 Å². The van der Waals surface area contributed by atoms with Crippen LogP contribution in [0, 0.1) is 0 Å². The van der Waals surface area contributed by atoms with Crippen LogP contribution in [0.4, 0.5) is 0 Å². The lowest BCUT2D eigenvalue weighted by Crippen LogP contribution is -2.30. The molecular weight excluding hydrogens is 386 g/mol. The van der Waals surface area contributed by atoms with Gasteiger partial charge in [-0.25, -0.2) is 0 Å². The summed E-state index contributed by atoms with van der Waals surface area (Å²) in [4.78, 5) is 15.8. The number of likely N-dealkylation sites (N-methyl/N-ethyl adjacent to an activating group) is 1. The van der Waals surface area contributed by atoms with Crippen LogP contribution in [0.15, 0.2) is 40.8 Å². The van der Waals surface area contributed by atoms with Crippen molar-refractivity contribution in [1.29, 1.82) is 0 Å². The van der Waals surface area contributed by atoms with Crippen LogP contribution in [0.2, 0.25) is 0 Å². The molecule has 0 amide bonds. The number of furan rings is 1. The number of carbonyl (C=O) groups excluding carboxylic acids is 1. The Morgan fingerprint density at radius 3 is 2.52 bits per heavy atom. The van der Waals surface area contributed by atoms with E-state index in [1.807, 2.05) is 24.3 Å². The molecule has 0 radical (unpaired) electrons. The summed E-state index contributed by atoms with van der Waals surface area (Å²) in [7, 11) is 0. The van der Waals surface area contributed by atoms with Crippen molar-refractivity contribution in [3.05, 3.63) is 64.4 Å². The average Bonchev–Trinajstić information content (AvgIpc) is 3.16. The first kappa shape index (κ1) is 21.6. The van der Waals surface area contributed by atoms with Gasteiger partial charge in [0.2, 0.25) is 0 Å². The maximum atomic E-state index is 13.5. The Balaban J connectivity index is 1.69. The summed E-state index contributed by atoms with van der Waals surface area (Å²) in [5.41, 5.74) is 4.06. The van der Waals surface area contributed by atoms with Crippen LogP contribution in [0.3, 0.4) is 0 Å². The summed E-state index contributed by atoms with van der Waals surface area (Å²) in [5, 5.41) is 0.915. The minimum Gasteiger partial charge on any atom is -0.492 e. The first-order valence-corrected chi connectivity index (χ1v) is 11.5. The number of rotatable bonds is 8. The summed E-state index contributed by atoms with van der Waals surface area (Å²) in [6.45, 7) is 14.3. The molecular formula is C27H33NO3. The van der Waals surface area contributed by atoms with E-state index in [0.29, 0.717) is 12.2 Å². The van der Waals surface area contributed by atoms with Crippen LogP contribution < -0.4 is 4.74 Å². The van der Waals surface area contributed by atoms with E-state index in [-0.39, 0.29) is 5.78 Å². The normalized spacial score (nSPS) is 14.7. The van der Waals surface area contributed by atoms with E-state index in [1.54, 1.807) is 0 Å². The van der Waals surface area contributed by atoms with E-state index >= 15 is 0 Å². The zero-order chi connectivity index (χ0) is 22.2. The second-order valence-electron chi connectivity index (χ2n) is 8.92. The molecule has 1 aliphatic carbocycles. The second-order valence-corrected chi connectivity index (χ2v) is 8.92. The molecule has 164 valence electrons. The third kappa shape index (κ3) is 3.78. The third-order valence-electron chi connectivity index (χ3n) is 6.57. The number of ketones is 1. The highest BCUT2D eigenvalue weighted by atomic mass is 16.5. The van der Waals surface area contributed by atoms with Crippen molar-refractivity contribution >= 4 is 16.8 Å². The van der Waals surface area contributed by atoms with Crippen LogP contribution in [-0.4, -0.2) is 36.9 Å². The largest absolute Gasteiger partial charge is 0.492 e. The van der Waals surface area contributed by atoms with Crippen molar-refractivity contribution in [2.24, 2.45) is 0 Å². The minimum atomic E-state index is -0.416. The van der Waals surface area contributed by atoms with E-state index in [2.05, 4.69) is 51.7 Å². The maximum absolute atomic E-state index is 13.5. The maximum Gasteiger partial charge on any atom is 0.197 e. The molecule has 0 bridgehead atoms. The molecule has 0 N–H and O–H groups in total. The number of nitrogens with zero attached hydrogens (tertiary/aromatic N) is 1. The Bertz CT molecular complexity index is 1110. The van der Waals surface area contributed by atoms with Crippen molar-refractivity contribution in [3.8, 4) is 5.75 Å². The topological polar surface area (TPSA) is 42.7 Å². The summed E-state index contributed by atoms with van der Waals surface area (Å²) >= 11 is 0. The number of benzene rings is 2. The molecule has 4 rings (SSSR count). The van der Waals surface area contributed by atoms with E-state index in [1.165, 1.54) is 5.56 Å². The summed E-state index contributed by atoms with van der Waals surface area (Å²) < 4.78 is 12.4. The molecule has 0 fully saturated rings. The van der Waals surface area contributed by atoms with Gasteiger partial charge in [-0.15, -0.1) is 0 Å². The highest BCUT2D eigenvalue weighted by molar-refractivity contribution is 6.19. The highest BCUT2D eigenvalue weighted by Crippen LogP contribution is 2.46. The lowest BCUT2D eigenvalue weighted by Gasteiger charge is -2.31. The Labute approximate surface area is 185 Å². The van der Waals surface area contributed by atoms with Crippen molar-refractivity contribution in [3.63, 3.8) is 0 Å². The molecule has 0 spiro atoms. The van der Waals surface area contributed by atoms with Gasteiger partial charge in [-0.2, -0.15) is 0 Å². The Kier molecular flexibility index (Phi) is 5.94. The standard InChI is InChI=1S/C27H33NO3/c1-6-9-18-10-12-21-23(16-18)31-26-24(21)25(29)20-13-11-19(17-22(20)27(26,4)5)30-15-14-28(7-2)8-3/h10-13,16-17H,6-9,14-15H2,1-5H3. The molecule has 1 aliphatic rings. The zero-order valence-electron chi connectivity index (χ0n) is 19.4. The minimum absolute atomic E-state index is 0.0426. The van der Waals surface area contributed by atoms with E-state index in [4.69, 9.17) is 9.15 Å². The summed E-state index contributed by atoms with van der Waals surface area (Å²) in [6, 6.07) is 12.1. The van der Waals surface area contributed by atoms with Crippen LogP contribution >= 0.6 is 0 Å². The average molecular weight is 420 g/mol. The molecule has 31 heavy (non-hydrogen) atoms. The Morgan fingerprint density at radius 2 is 1.81 bits per heavy atom. The molecule has 2 aromatic carbocycles. The molecule has 0 aliphatic heterocycles. The zero-order valence-corrected chi connectivity index (χ0v) is 19.4. The van der Waals surface area contributed by atoms with E-state index in [9.17, 15) is 4.79 Å². The van der Waals surface area contributed by atoms with Gasteiger partial charge >= 0.3 is 0 Å². The first-order chi connectivity index (χ1) is 14.9. The van der Waals surface area contributed by atoms with Gasteiger partial charge in [0.05, 0.1) is 5.56 Å². The fourth-order valence-corrected chi connectivity index (χ4v) is 4.67. The molecule has 3 aromatic rings. The molecule has 4 nitrogen and oxygen atoms in total. The van der Waals surface area contributed by atoms with Gasteiger partial charge in [-0.3, -0.25) is 4.79 Å². The quantitative estimate of drug-likeness (QED) is 0.451. The van der Waals surface area contributed by atoms with Crippen molar-refractivity contribution in [2.45, 2.75) is 52.9 Å². The van der Waals surface area contributed by atoms with Crippen LogP contribution in [-0.2, 0) is 11.8 Å². The first-order valence-electron chi connectivity index (χ1n) is 11.5. The SMILES string of the molecule is CCCc1ccc2c3c(oc2c1)C(C)(C)c1cc(OCCN(CC)CC)ccc1C3=O. The van der Waals surface area contributed by atoms with Gasteiger partial charge in [-0.05, 0) is 68.8 Å². The predicted octanol–water partition coefficient (Wildman–Crippen LogP) is 5.98. The number of ether oxygens (including phenoxy) is 1. The molecule has 0 atom stereocenters. The number of hydrogen-bond donors (Lipinski definition) is 0. The van der Waals surface area contributed by atoms with Crippen molar-refractivity contribution in [1.82, 2.24) is 4.90 Å². The number of aryl methyl sites for hydroxylation is 1. The van der Waals surface area contributed by atoms with Gasteiger partial charge in [0.15, 0.2) is 5.78 Å². The van der Waals surface area contributed by atoms with Gasteiger partial charge in [0.25, 0.3) is 0 Å². The summed E-state index contributed by atoms with van der Waals surface area (Å²) in [6.07, 6.45) is 2.09. The molecule has 0 unspecified atom stereocenters. The van der Waals surface area contributed by atoms with E-state index in [0.717, 1.165) is 66.1 Å². The smallest absolute Gasteiger partial charge is 0.197 e. The molecule has 1 heterocycles. The van der Waals surface area contributed by atoms with E-state index < -0.39 is 5.41 Å². The van der Waals surface area contributed by atoms with Gasteiger partial charge in [-0.1, -0.05) is 39.3 Å². The molecule has 4 heteroatoms. The fourth-order valence-electron chi connectivity index (χ4n) is 4.67. The lowest BCUT2D eigenvalue weighted by molar-refractivity contribution is 0.102.